The van der Waals surface area contributed by atoms with Crippen molar-refractivity contribution in [2.75, 3.05) is 6.54 Å². The van der Waals surface area contributed by atoms with Crippen molar-refractivity contribution in [2.24, 2.45) is 5.73 Å². The van der Waals surface area contributed by atoms with Crippen LogP contribution in [-0.4, -0.2) is 16.9 Å². The number of hydrogen-bond donors (Lipinski definition) is 1. The summed E-state index contributed by atoms with van der Waals surface area (Å²) in [4.78, 5) is 11.7. The van der Waals surface area contributed by atoms with Crippen LogP contribution in [0.4, 0.5) is 0 Å². The van der Waals surface area contributed by atoms with Crippen LogP contribution < -0.4 is 5.73 Å². The molecule has 0 amide bonds. The fourth-order valence-corrected chi connectivity index (χ4v) is 2.66. The van der Waals surface area contributed by atoms with Gasteiger partial charge in [-0.05, 0) is 53.2 Å². The molecule has 0 fully saturated rings. The van der Waals surface area contributed by atoms with Gasteiger partial charge in [-0.25, -0.2) is 0 Å². The molecule has 5 heteroatoms. The first-order valence-corrected chi connectivity index (χ1v) is 6.49. The molecule has 1 heterocycles. The van der Waals surface area contributed by atoms with Crippen molar-refractivity contribution in [1.82, 2.24) is 4.57 Å². The van der Waals surface area contributed by atoms with Gasteiger partial charge in [-0.3, -0.25) is 4.79 Å². The normalized spacial score (nSPS) is 10.2. The van der Waals surface area contributed by atoms with Crippen molar-refractivity contribution in [3.05, 3.63) is 51.8 Å². The molecule has 0 atom stereocenters. The number of halogens is 1. The van der Waals surface area contributed by atoms with Gasteiger partial charge in [-0.1, -0.05) is 0 Å². The van der Waals surface area contributed by atoms with E-state index in [2.05, 4.69) is 22.0 Å². The van der Waals surface area contributed by atoms with Gasteiger partial charge in [0.2, 0.25) is 0 Å². The number of carbonyl (C=O) groups excluding carboxylic acids is 1. The van der Waals surface area contributed by atoms with E-state index in [1.807, 2.05) is 23.6 Å². The average molecular weight is 318 g/mol. The van der Waals surface area contributed by atoms with Gasteiger partial charge in [-0.2, -0.15) is 5.26 Å². The molecule has 2 rings (SSSR count). The molecule has 2 aromatic rings. The lowest BCUT2D eigenvalue weighted by Gasteiger charge is -2.08. The Hall–Kier alpha value is -1.90. The summed E-state index contributed by atoms with van der Waals surface area (Å²) in [5.74, 6) is -0.0920. The molecule has 96 valence electrons. The van der Waals surface area contributed by atoms with Crippen LogP contribution in [0.25, 0.3) is 5.69 Å². The van der Waals surface area contributed by atoms with Crippen LogP contribution in [0, 0.1) is 18.3 Å². The highest BCUT2D eigenvalue weighted by atomic mass is 79.9. The van der Waals surface area contributed by atoms with Crippen molar-refractivity contribution in [3.8, 4) is 11.8 Å². The van der Waals surface area contributed by atoms with E-state index in [1.165, 1.54) is 0 Å². The fourth-order valence-electron chi connectivity index (χ4n) is 1.96. The van der Waals surface area contributed by atoms with Gasteiger partial charge < -0.3 is 10.3 Å². The maximum Gasteiger partial charge on any atom is 0.178 e. The second-order valence-corrected chi connectivity index (χ2v) is 4.90. The van der Waals surface area contributed by atoms with Gasteiger partial charge in [0.25, 0.3) is 0 Å². The van der Waals surface area contributed by atoms with Crippen LogP contribution in [0.15, 0.2) is 34.9 Å². The van der Waals surface area contributed by atoms with Gasteiger partial charge in [0.15, 0.2) is 5.78 Å². The number of Topliss-reactive ketones (excluding diaryl/α,β-unsaturated/α-hetero) is 1. The van der Waals surface area contributed by atoms with Crippen molar-refractivity contribution >= 4 is 21.7 Å². The molecule has 0 spiro atoms. The Morgan fingerprint density at radius 1 is 1.42 bits per heavy atom. The third-order valence-electron chi connectivity index (χ3n) is 2.94. The molecule has 1 aromatic heterocycles. The zero-order valence-electron chi connectivity index (χ0n) is 10.4. The number of nitrogens with two attached hydrogens (primary N) is 1. The van der Waals surface area contributed by atoms with Gasteiger partial charge in [-0.15, -0.1) is 0 Å². The first kappa shape index (κ1) is 13.5. The molecular formula is C14H12BrN3O. The van der Waals surface area contributed by atoms with Gasteiger partial charge >= 0.3 is 0 Å². The van der Waals surface area contributed by atoms with E-state index in [0.717, 1.165) is 16.0 Å². The number of ketones is 1. The van der Waals surface area contributed by atoms with Crippen LogP contribution in [0.3, 0.4) is 0 Å². The predicted molar refractivity (Wildman–Crippen MR) is 76.3 cm³/mol. The fraction of sp³-hybridized carbons (Fsp3) is 0.143. The van der Waals surface area contributed by atoms with E-state index in [9.17, 15) is 4.79 Å². The van der Waals surface area contributed by atoms with E-state index in [1.54, 1.807) is 18.2 Å². The Morgan fingerprint density at radius 3 is 2.58 bits per heavy atom. The summed E-state index contributed by atoms with van der Waals surface area (Å²) in [7, 11) is 0. The molecule has 0 aliphatic rings. The van der Waals surface area contributed by atoms with E-state index in [-0.39, 0.29) is 12.3 Å². The molecular weight excluding hydrogens is 306 g/mol. The molecule has 1 aromatic carbocycles. The lowest BCUT2D eigenvalue weighted by atomic mass is 10.1. The van der Waals surface area contributed by atoms with E-state index in [4.69, 9.17) is 11.0 Å². The minimum absolute atomic E-state index is 0.00926. The summed E-state index contributed by atoms with van der Waals surface area (Å²) in [5.41, 5.74) is 8.32. The number of nitrogens with zero attached hydrogens (tertiary/aromatic N) is 2. The van der Waals surface area contributed by atoms with Gasteiger partial charge in [0.1, 0.15) is 0 Å². The second-order valence-electron chi connectivity index (χ2n) is 4.09. The molecule has 0 aliphatic carbocycles. The number of hydrogen-bond acceptors (Lipinski definition) is 3. The smallest absolute Gasteiger partial charge is 0.178 e. The first-order chi connectivity index (χ1) is 9.08. The number of benzene rings is 1. The average Bonchev–Trinajstić information content (AvgIpc) is 2.73. The molecule has 0 saturated heterocycles. The number of nitriles is 1. The van der Waals surface area contributed by atoms with E-state index >= 15 is 0 Å². The third kappa shape index (κ3) is 2.46. The quantitative estimate of drug-likeness (QED) is 0.884. The minimum atomic E-state index is -0.0920. The Bertz CT molecular complexity index is 665. The molecule has 0 unspecified atom stereocenters. The lowest BCUT2D eigenvalue weighted by molar-refractivity contribution is 0.100. The maximum atomic E-state index is 11.7. The Kier molecular flexibility index (Phi) is 3.84. The standard InChI is InChI=1S/C14H12BrN3O/c1-9-12(13(19)8-17)6-14(15)18(9)11-4-2-10(7-16)3-5-11/h2-6H,8,17H2,1H3. The SMILES string of the molecule is Cc1c(C(=O)CN)cc(Br)n1-c1ccc(C#N)cc1. The Labute approximate surface area is 119 Å². The summed E-state index contributed by atoms with van der Waals surface area (Å²) in [5, 5.41) is 8.79. The highest BCUT2D eigenvalue weighted by Crippen LogP contribution is 2.25. The summed E-state index contributed by atoms with van der Waals surface area (Å²) in [6.07, 6.45) is 0. The van der Waals surface area contributed by atoms with Crippen molar-refractivity contribution in [1.29, 1.82) is 5.26 Å². The highest BCUT2D eigenvalue weighted by molar-refractivity contribution is 9.10. The minimum Gasteiger partial charge on any atom is -0.324 e. The molecule has 0 radical (unpaired) electrons. The third-order valence-corrected chi connectivity index (χ3v) is 3.53. The molecule has 0 bridgehead atoms. The van der Waals surface area contributed by atoms with Gasteiger partial charge in [0, 0.05) is 16.9 Å². The van der Waals surface area contributed by atoms with Crippen LogP contribution in [0.2, 0.25) is 0 Å². The zero-order valence-corrected chi connectivity index (χ0v) is 11.9. The molecule has 4 nitrogen and oxygen atoms in total. The second kappa shape index (κ2) is 5.39. The first-order valence-electron chi connectivity index (χ1n) is 5.70. The Balaban J connectivity index is 2.53. The predicted octanol–water partition coefficient (Wildman–Crippen LogP) is 2.56. The zero-order chi connectivity index (χ0) is 14.0. The van der Waals surface area contributed by atoms with Gasteiger partial charge in [0.05, 0.1) is 22.8 Å². The van der Waals surface area contributed by atoms with Crippen LogP contribution in [-0.2, 0) is 0 Å². The summed E-state index contributed by atoms with van der Waals surface area (Å²) < 4.78 is 2.69. The monoisotopic (exact) mass is 317 g/mol. The number of carbonyl (C=O) groups is 1. The van der Waals surface area contributed by atoms with Crippen LogP contribution in [0.5, 0.6) is 0 Å². The van der Waals surface area contributed by atoms with Crippen molar-refractivity contribution < 1.29 is 4.79 Å². The lowest BCUT2D eigenvalue weighted by Crippen LogP contribution is -2.14. The summed E-state index contributed by atoms with van der Waals surface area (Å²) in [6, 6.07) is 11.0. The van der Waals surface area contributed by atoms with E-state index < -0.39 is 0 Å². The molecule has 19 heavy (non-hydrogen) atoms. The number of aromatic nitrogens is 1. The van der Waals surface area contributed by atoms with Crippen LogP contribution in [0.1, 0.15) is 21.6 Å². The molecule has 0 saturated carbocycles. The van der Waals surface area contributed by atoms with Crippen LogP contribution >= 0.6 is 15.9 Å². The van der Waals surface area contributed by atoms with Crippen molar-refractivity contribution in [2.45, 2.75) is 6.92 Å². The molecule has 2 N–H and O–H groups in total. The maximum absolute atomic E-state index is 11.7. The summed E-state index contributed by atoms with van der Waals surface area (Å²) in [6.45, 7) is 1.86. The highest BCUT2D eigenvalue weighted by Gasteiger charge is 2.16. The molecule has 0 aliphatic heterocycles. The van der Waals surface area contributed by atoms with E-state index in [0.29, 0.717) is 11.1 Å². The Morgan fingerprint density at radius 2 is 2.05 bits per heavy atom. The topological polar surface area (TPSA) is 71.8 Å². The summed E-state index contributed by atoms with van der Waals surface area (Å²) >= 11 is 3.44. The number of rotatable bonds is 3. The van der Waals surface area contributed by atoms with Crippen molar-refractivity contribution in [3.63, 3.8) is 0 Å². The largest absolute Gasteiger partial charge is 0.324 e.